The molecule has 0 spiro atoms. The lowest BCUT2D eigenvalue weighted by molar-refractivity contribution is -0.469. The molecule has 0 bridgehead atoms. The number of benzene rings is 2. The fourth-order valence-electron chi connectivity index (χ4n) is 1.76. The number of hydrogen-bond acceptors (Lipinski definition) is 3. The lowest BCUT2D eigenvalue weighted by Crippen LogP contribution is -2.06. The van der Waals surface area contributed by atoms with Gasteiger partial charge in [-0.15, -0.1) is 0 Å². The Morgan fingerprint density at radius 2 is 1.80 bits per heavy atom. The standard InChI is InChI=1S/C16H15NO3/c1-13(18)20-16-9-7-15(8-10-16)12-17(19)11-14-5-3-2-4-6-14/h2-10,12H,11H2,1H3. The molecule has 0 aliphatic rings. The predicted molar refractivity (Wildman–Crippen MR) is 76.7 cm³/mol. The van der Waals surface area contributed by atoms with Crippen LogP contribution in [0.15, 0.2) is 54.6 Å². The number of ether oxygens (including phenoxy) is 1. The summed E-state index contributed by atoms with van der Waals surface area (Å²) in [6.07, 6.45) is 1.50. The topological polar surface area (TPSA) is 52.4 Å². The van der Waals surface area contributed by atoms with Crippen LogP contribution in [-0.4, -0.2) is 16.9 Å². The van der Waals surface area contributed by atoms with Gasteiger partial charge in [-0.1, -0.05) is 30.3 Å². The molecule has 0 saturated carbocycles. The third-order valence-electron chi connectivity index (χ3n) is 2.62. The number of hydrogen-bond donors (Lipinski definition) is 0. The van der Waals surface area contributed by atoms with Crippen molar-refractivity contribution in [2.75, 3.05) is 0 Å². The van der Waals surface area contributed by atoms with Crippen LogP contribution in [0.2, 0.25) is 0 Å². The van der Waals surface area contributed by atoms with Crippen molar-refractivity contribution < 1.29 is 14.3 Å². The van der Waals surface area contributed by atoms with E-state index in [4.69, 9.17) is 4.74 Å². The second-order valence-electron chi connectivity index (χ2n) is 4.35. The summed E-state index contributed by atoms with van der Waals surface area (Å²) in [4.78, 5) is 10.8. The molecule has 0 aliphatic heterocycles. The number of carbonyl (C=O) groups is 1. The Morgan fingerprint density at radius 3 is 2.40 bits per heavy atom. The Bertz CT molecular complexity index is 603. The summed E-state index contributed by atoms with van der Waals surface area (Å²) in [5, 5.41) is 11.8. The van der Waals surface area contributed by atoms with E-state index < -0.39 is 0 Å². The van der Waals surface area contributed by atoms with Crippen LogP contribution in [-0.2, 0) is 11.3 Å². The van der Waals surface area contributed by atoms with Crippen molar-refractivity contribution in [1.29, 1.82) is 0 Å². The number of esters is 1. The van der Waals surface area contributed by atoms with Crippen LogP contribution < -0.4 is 4.74 Å². The predicted octanol–water partition coefficient (Wildman–Crippen LogP) is 2.74. The van der Waals surface area contributed by atoms with Gasteiger partial charge in [0.15, 0.2) is 12.8 Å². The molecule has 0 saturated heterocycles. The van der Waals surface area contributed by atoms with Crippen molar-refractivity contribution in [3.8, 4) is 5.75 Å². The highest BCUT2D eigenvalue weighted by molar-refractivity contribution is 5.76. The van der Waals surface area contributed by atoms with Gasteiger partial charge in [-0.25, -0.2) is 4.74 Å². The van der Waals surface area contributed by atoms with E-state index in [9.17, 15) is 10.0 Å². The number of carbonyl (C=O) groups excluding carboxylic acids is 1. The summed E-state index contributed by atoms with van der Waals surface area (Å²) in [7, 11) is 0. The van der Waals surface area contributed by atoms with E-state index in [1.807, 2.05) is 30.3 Å². The van der Waals surface area contributed by atoms with Crippen LogP contribution in [0.4, 0.5) is 0 Å². The minimum atomic E-state index is -0.365. The molecule has 0 amide bonds. The van der Waals surface area contributed by atoms with Crippen molar-refractivity contribution in [3.63, 3.8) is 0 Å². The fourth-order valence-corrected chi connectivity index (χ4v) is 1.76. The van der Waals surface area contributed by atoms with Gasteiger partial charge in [-0.3, -0.25) is 4.79 Å². The highest BCUT2D eigenvalue weighted by atomic mass is 16.5. The molecule has 0 atom stereocenters. The summed E-state index contributed by atoms with van der Waals surface area (Å²) in [6, 6.07) is 16.3. The molecular formula is C16H15NO3. The summed E-state index contributed by atoms with van der Waals surface area (Å²) < 4.78 is 5.80. The maximum atomic E-state index is 11.8. The quantitative estimate of drug-likeness (QED) is 0.214. The molecule has 4 nitrogen and oxygen atoms in total. The van der Waals surface area contributed by atoms with Crippen molar-refractivity contribution >= 4 is 12.2 Å². The van der Waals surface area contributed by atoms with Gasteiger partial charge in [0, 0.05) is 18.1 Å². The van der Waals surface area contributed by atoms with Crippen molar-refractivity contribution in [2.24, 2.45) is 0 Å². The van der Waals surface area contributed by atoms with Gasteiger partial charge in [-0.2, -0.15) is 0 Å². The number of rotatable bonds is 4. The van der Waals surface area contributed by atoms with Crippen molar-refractivity contribution in [1.82, 2.24) is 0 Å². The second kappa shape index (κ2) is 6.52. The zero-order valence-electron chi connectivity index (χ0n) is 11.2. The molecule has 0 unspecified atom stereocenters. The largest absolute Gasteiger partial charge is 0.624 e. The first kappa shape index (κ1) is 13.8. The molecule has 0 aliphatic carbocycles. The van der Waals surface area contributed by atoms with Gasteiger partial charge in [-0.05, 0) is 24.3 Å². The average molecular weight is 269 g/mol. The fraction of sp³-hybridized carbons (Fsp3) is 0.125. The molecule has 2 aromatic carbocycles. The maximum absolute atomic E-state index is 11.8. The molecule has 2 rings (SSSR count). The van der Waals surface area contributed by atoms with Crippen LogP contribution in [0.3, 0.4) is 0 Å². The third-order valence-corrected chi connectivity index (χ3v) is 2.62. The number of nitrogens with zero attached hydrogens (tertiary/aromatic N) is 1. The molecule has 0 radical (unpaired) electrons. The molecular weight excluding hydrogens is 254 g/mol. The van der Waals surface area contributed by atoms with E-state index in [1.54, 1.807) is 24.3 Å². The lowest BCUT2D eigenvalue weighted by atomic mass is 10.2. The summed E-state index contributed by atoms with van der Waals surface area (Å²) in [5.74, 6) is 0.103. The van der Waals surface area contributed by atoms with Gasteiger partial charge >= 0.3 is 5.97 Å². The van der Waals surface area contributed by atoms with Crippen molar-refractivity contribution in [3.05, 3.63) is 70.9 Å². The molecule has 0 aromatic heterocycles. The maximum Gasteiger partial charge on any atom is 0.308 e. The van der Waals surface area contributed by atoms with Crippen LogP contribution in [0.5, 0.6) is 5.75 Å². The molecule has 2 aromatic rings. The van der Waals surface area contributed by atoms with Crippen LogP contribution in [0.25, 0.3) is 0 Å². The minimum Gasteiger partial charge on any atom is -0.624 e. The highest BCUT2D eigenvalue weighted by Crippen LogP contribution is 2.11. The first-order valence-corrected chi connectivity index (χ1v) is 6.24. The molecule has 0 fully saturated rings. The summed E-state index contributed by atoms with van der Waals surface area (Å²) in [5.41, 5.74) is 1.71. The molecule has 0 N–H and O–H groups in total. The van der Waals surface area contributed by atoms with E-state index in [2.05, 4.69) is 0 Å². The Labute approximate surface area is 117 Å². The molecule has 20 heavy (non-hydrogen) atoms. The van der Waals surface area contributed by atoms with E-state index in [0.717, 1.165) is 15.9 Å². The Balaban J connectivity index is 2.04. The van der Waals surface area contributed by atoms with Crippen LogP contribution in [0.1, 0.15) is 18.1 Å². The summed E-state index contributed by atoms with van der Waals surface area (Å²) >= 11 is 0. The normalized spacial score (nSPS) is 11.2. The van der Waals surface area contributed by atoms with Gasteiger partial charge in [0.25, 0.3) is 0 Å². The Hall–Kier alpha value is -2.62. The van der Waals surface area contributed by atoms with E-state index in [-0.39, 0.29) is 5.97 Å². The SMILES string of the molecule is CC(=O)Oc1ccc(C=[N+]([O-])Cc2ccccc2)cc1. The van der Waals surface area contributed by atoms with E-state index >= 15 is 0 Å². The van der Waals surface area contributed by atoms with Gasteiger partial charge in [0.2, 0.25) is 0 Å². The molecule has 102 valence electrons. The monoisotopic (exact) mass is 269 g/mol. The second-order valence-corrected chi connectivity index (χ2v) is 4.35. The highest BCUT2D eigenvalue weighted by Gasteiger charge is 2.01. The van der Waals surface area contributed by atoms with Crippen molar-refractivity contribution in [2.45, 2.75) is 13.5 Å². The minimum absolute atomic E-state index is 0.298. The lowest BCUT2D eigenvalue weighted by Gasteiger charge is -2.04. The average Bonchev–Trinajstić information content (AvgIpc) is 2.41. The first-order chi connectivity index (χ1) is 9.63. The van der Waals surface area contributed by atoms with E-state index in [1.165, 1.54) is 13.1 Å². The van der Waals surface area contributed by atoms with Gasteiger partial charge in [0.1, 0.15) is 5.75 Å². The van der Waals surface area contributed by atoms with Gasteiger partial charge < -0.3 is 9.94 Å². The molecule has 4 heteroatoms. The third kappa shape index (κ3) is 4.24. The van der Waals surface area contributed by atoms with Crippen LogP contribution >= 0.6 is 0 Å². The number of hydroxylamine groups is 1. The first-order valence-electron chi connectivity index (χ1n) is 6.24. The zero-order valence-corrected chi connectivity index (χ0v) is 11.2. The smallest absolute Gasteiger partial charge is 0.308 e. The van der Waals surface area contributed by atoms with E-state index in [0.29, 0.717) is 12.3 Å². The van der Waals surface area contributed by atoms with Gasteiger partial charge in [0.05, 0.1) is 0 Å². The zero-order chi connectivity index (χ0) is 14.4. The Morgan fingerprint density at radius 1 is 1.15 bits per heavy atom. The Kier molecular flexibility index (Phi) is 4.50. The molecule has 0 heterocycles. The van der Waals surface area contributed by atoms with Crippen LogP contribution in [0, 0.1) is 5.21 Å². The summed E-state index contributed by atoms with van der Waals surface area (Å²) in [6.45, 7) is 1.64.